The van der Waals surface area contributed by atoms with Crippen LogP contribution in [0.15, 0.2) is 27.4 Å². The molecule has 13 heteroatoms. The van der Waals surface area contributed by atoms with Gasteiger partial charge in [0, 0.05) is 17.2 Å². The highest BCUT2D eigenvalue weighted by atomic mass is 32.2. The highest BCUT2D eigenvalue weighted by molar-refractivity contribution is 8.14. The zero-order valence-corrected chi connectivity index (χ0v) is 16.8. The zero-order chi connectivity index (χ0) is 21.0. The molecule has 2 aliphatic rings. The Labute approximate surface area is 173 Å². The number of thiazole rings is 1. The molecule has 0 fully saturated rings. The maximum Gasteiger partial charge on any atom is 0.271 e. The van der Waals surface area contributed by atoms with Gasteiger partial charge in [-0.1, -0.05) is 5.16 Å². The molecule has 3 N–H and O–H groups in total. The van der Waals surface area contributed by atoms with Crippen LogP contribution in [0.1, 0.15) is 15.5 Å². The quantitative estimate of drug-likeness (QED) is 0.221. The zero-order valence-electron chi connectivity index (χ0n) is 15.1. The molecule has 1 aromatic rings. The van der Waals surface area contributed by atoms with Crippen molar-refractivity contribution in [3.63, 3.8) is 0 Å². The number of imide groups is 1. The van der Waals surface area contributed by atoms with Gasteiger partial charge < -0.3 is 20.4 Å². The van der Waals surface area contributed by atoms with E-state index in [1.165, 1.54) is 30.3 Å². The van der Waals surface area contributed by atoms with Gasteiger partial charge in [0.05, 0.1) is 25.3 Å². The molecule has 2 atom stereocenters. The first-order chi connectivity index (χ1) is 14.0. The van der Waals surface area contributed by atoms with Crippen LogP contribution in [0, 0.1) is 0 Å². The van der Waals surface area contributed by atoms with E-state index in [0.717, 1.165) is 22.5 Å². The number of oxime groups is 1. The number of aliphatic imine (C=N–C) groups is 1. The fraction of sp³-hybridized carbons (Fsp3) is 0.375. The molecule has 11 nitrogen and oxygen atoms in total. The molecule has 0 aromatic carbocycles. The van der Waals surface area contributed by atoms with E-state index in [1.54, 1.807) is 0 Å². The second kappa shape index (κ2) is 9.15. The van der Waals surface area contributed by atoms with E-state index in [0.29, 0.717) is 21.6 Å². The van der Waals surface area contributed by atoms with Gasteiger partial charge in [0.1, 0.15) is 34.8 Å². The number of aliphatic hydroxyl groups excluding tert-OH is 1. The number of carbonyl (C=O) groups is 3. The van der Waals surface area contributed by atoms with Gasteiger partial charge in [-0.2, -0.15) is 0 Å². The Balaban J connectivity index is 1.65. The first-order valence-corrected chi connectivity index (χ1v) is 10.2. The summed E-state index contributed by atoms with van der Waals surface area (Å²) in [4.78, 5) is 46.2. The van der Waals surface area contributed by atoms with E-state index in [1.807, 2.05) is 0 Å². The number of hydrogen-bond donors (Lipinski definition) is 3. The van der Waals surface area contributed by atoms with Crippen molar-refractivity contribution in [3.05, 3.63) is 27.9 Å². The van der Waals surface area contributed by atoms with Gasteiger partial charge in [-0.3, -0.25) is 24.3 Å². The van der Waals surface area contributed by atoms with Crippen molar-refractivity contribution in [2.75, 3.05) is 26.0 Å². The van der Waals surface area contributed by atoms with Crippen molar-refractivity contribution in [2.45, 2.75) is 12.1 Å². The number of carbonyl (C=O) groups excluding carboxylic acids is 3. The summed E-state index contributed by atoms with van der Waals surface area (Å²) in [5.74, 6) is -0.776. The molecule has 0 unspecified atom stereocenters. The normalized spacial score (nSPS) is 20.0. The van der Waals surface area contributed by atoms with Gasteiger partial charge in [0.15, 0.2) is 0 Å². The standard InChI is InChI=1S/C16H17N5O6S2/c1-27-8-2-13(23)21(4-8)16(25)11-7-29-15(20-11)9(5-22)19-14(24)10-6-28-12(18-10)3-17-26/h2-3,6,9,11,22,26H,4-5,7H2,1H3,(H,19,24)/b17-3+/t9-,11-/m1/s1. The Bertz CT molecular complexity index is 911. The predicted molar refractivity (Wildman–Crippen MR) is 105 cm³/mol. The second-order valence-corrected chi connectivity index (χ2v) is 7.83. The SMILES string of the molecule is COC1=CC(=O)N(C(=O)[C@H]2CSC([C@@H](CO)NC(=O)c3csc(/C=N/O)n3)=N2)C1. The minimum atomic E-state index is -0.816. The number of hydrogen-bond acceptors (Lipinski definition) is 11. The molecular weight excluding hydrogens is 422 g/mol. The van der Waals surface area contributed by atoms with Gasteiger partial charge in [0.25, 0.3) is 17.7 Å². The molecule has 0 bridgehead atoms. The number of ether oxygens (including phenoxy) is 1. The van der Waals surface area contributed by atoms with Crippen LogP contribution in [-0.4, -0.2) is 87.3 Å². The number of methoxy groups -OCH3 is 1. The van der Waals surface area contributed by atoms with E-state index >= 15 is 0 Å². The molecule has 154 valence electrons. The topological polar surface area (TPSA) is 154 Å². The number of amides is 3. The average Bonchev–Trinajstić information content (AvgIpc) is 3.45. The maximum atomic E-state index is 12.6. The van der Waals surface area contributed by atoms with Crippen LogP contribution in [-0.2, 0) is 14.3 Å². The second-order valence-electron chi connectivity index (χ2n) is 5.90. The van der Waals surface area contributed by atoms with E-state index in [-0.39, 0.29) is 12.2 Å². The summed E-state index contributed by atoms with van der Waals surface area (Å²) in [5, 5.41) is 25.8. The van der Waals surface area contributed by atoms with Crippen molar-refractivity contribution in [3.8, 4) is 0 Å². The lowest BCUT2D eigenvalue weighted by Gasteiger charge is -2.17. The smallest absolute Gasteiger partial charge is 0.271 e. The van der Waals surface area contributed by atoms with Crippen molar-refractivity contribution >= 4 is 52.1 Å². The predicted octanol–water partition coefficient (Wildman–Crippen LogP) is -0.545. The summed E-state index contributed by atoms with van der Waals surface area (Å²) < 4.78 is 5.00. The lowest BCUT2D eigenvalue weighted by atomic mass is 10.2. The minimum absolute atomic E-state index is 0.0592. The highest BCUT2D eigenvalue weighted by Gasteiger charge is 2.37. The van der Waals surface area contributed by atoms with Crippen LogP contribution >= 0.6 is 23.1 Å². The van der Waals surface area contributed by atoms with Gasteiger partial charge >= 0.3 is 0 Å². The van der Waals surface area contributed by atoms with Crippen molar-refractivity contribution in [1.29, 1.82) is 0 Å². The third kappa shape index (κ3) is 4.63. The molecule has 3 amide bonds. The van der Waals surface area contributed by atoms with Gasteiger partial charge in [-0.05, 0) is 0 Å². The Morgan fingerprint density at radius 2 is 2.34 bits per heavy atom. The Hall–Kier alpha value is -2.77. The van der Waals surface area contributed by atoms with E-state index in [4.69, 9.17) is 9.94 Å². The largest absolute Gasteiger partial charge is 0.499 e. The average molecular weight is 439 g/mol. The Morgan fingerprint density at radius 3 is 3.00 bits per heavy atom. The van der Waals surface area contributed by atoms with Gasteiger partial charge in [-0.15, -0.1) is 23.1 Å². The molecular formula is C16H17N5O6S2. The first kappa shape index (κ1) is 21.0. The van der Waals surface area contributed by atoms with Crippen LogP contribution < -0.4 is 5.32 Å². The van der Waals surface area contributed by atoms with Crippen LogP contribution in [0.2, 0.25) is 0 Å². The molecule has 3 rings (SSSR count). The van der Waals surface area contributed by atoms with Crippen LogP contribution in [0.25, 0.3) is 0 Å². The minimum Gasteiger partial charge on any atom is -0.499 e. The third-order valence-corrected chi connectivity index (χ3v) is 6.01. The number of rotatable bonds is 7. The summed E-state index contributed by atoms with van der Waals surface area (Å²) in [6, 6.07) is -1.61. The van der Waals surface area contributed by atoms with E-state index in [2.05, 4.69) is 20.4 Å². The molecule has 0 saturated heterocycles. The summed E-state index contributed by atoms with van der Waals surface area (Å²) >= 11 is 2.34. The van der Waals surface area contributed by atoms with E-state index < -0.39 is 36.4 Å². The number of aliphatic hydroxyl groups is 1. The maximum absolute atomic E-state index is 12.6. The molecule has 29 heavy (non-hydrogen) atoms. The molecule has 2 aliphatic heterocycles. The molecule has 0 spiro atoms. The molecule has 3 heterocycles. The summed E-state index contributed by atoms with van der Waals surface area (Å²) in [7, 11) is 1.42. The fourth-order valence-corrected chi connectivity index (χ4v) is 4.35. The lowest BCUT2D eigenvalue weighted by molar-refractivity contribution is -0.141. The van der Waals surface area contributed by atoms with Crippen molar-refractivity contribution < 1.29 is 29.4 Å². The number of thioether (sulfide) groups is 1. The lowest BCUT2D eigenvalue weighted by Crippen LogP contribution is -2.42. The Kier molecular flexibility index (Phi) is 6.61. The third-order valence-electron chi connectivity index (χ3n) is 4.06. The highest BCUT2D eigenvalue weighted by Crippen LogP contribution is 2.24. The van der Waals surface area contributed by atoms with Crippen molar-refractivity contribution in [1.82, 2.24) is 15.2 Å². The van der Waals surface area contributed by atoms with Crippen molar-refractivity contribution in [2.24, 2.45) is 10.1 Å². The number of aromatic nitrogens is 1. The summed E-state index contributed by atoms with van der Waals surface area (Å²) in [6.07, 6.45) is 2.35. The molecule has 0 saturated carbocycles. The summed E-state index contributed by atoms with van der Waals surface area (Å²) in [5.41, 5.74) is 0.0976. The molecule has 1 aromatic heterocycles. The molecule has 0 aliphatic carbocycles. The number of nitrogens with one attached hydrogen (secondary N) is 1. The van der Waals surface area contributed by atoms with Gasteiger partial charge in [0.2, 0.25) is 0 Å². The first-order valence-electron chi connectivity index (χ1n) is 8.32. The summed E-state index contributed by atoms with van der Waals surface area (Å²) in [6.45, 7) is -0.366. The Morgan fingerprint density at radius 1 is 1.55 bits per heavy atom. The van der Waals surface area contributed by atoms with Crippen LogP contribution in [0.5, 0.6) is 0 Å². The monoisotopic (exact) mass is 439 g/mol. The van der Waals surface area contributed by atoms with Crippen LogP contribution in [0.4, 0.5) is 0 Å². The van der Waals surface area contributed by atoms with Gasteiger partial charge in [-0.25, -0.2) is 4.98 Å². The van der Waals surface area contributed by atoms with E-state index in [9.17, 15) is 19.5 Å². The fourth-order valence-electron chi connectivity index (χ4n) is 2.61. The number of nitrogens with zero attached hydrogens (tertiary/aromatic N) is 4. The van der Waals surface area contributed by atoms with Crippen LogP contribution in [0.3, 0.4) is 0 Å². The molecule has 0 radical (unpaired) electrons.